The zero-order chi connectivity index (χ0) is 17.8. The van der Waals surface area contributed by atoms with Crippen LogP contribution in [0.1, 0.15) is 0 Å². The third-order valence-electron chi connectivity index (χ3n) is 4.14. The molecular weight excluding hydrogens is 364 g/mol. The highest BCUT2D eigenvalue weighted by atomic mass is 35.5. The molecule has 0 bridgehead atoms. The van der Waals surface area contributed by atoms with Crippen molar-refractivity contribution < 1.29 is 9.18 Å². The zero-order valence-electron chi connectivity index (χ0n) is 13.5. The van der Waals surface area contributed by atoms with Crippen molar-refractivity contribution in [2.24, 2.45) is 0 Å². The number of rotatable bonds is 4. The van der Waals surface area contributed by atoms with Gasteiger partial charge in [-0.25, -0.2) is 4.39 Å². The van der Waals surface area contributed by atoms with Crippen LogP contribution in [-0.4, -0.2) is 43.5 Å². The average Bonchev–Trinajstić information content (AvgIpc) is 2.59. The number of hydrogen-bond acceptors (Lipinski definition) is 3. The smallest absolute Gasteiger partial charge is 0.238 e. The molecule has 7 heteroatoms. The van der Waals surface area contributed by atoms with Crippen LogP contribution in [0.15, 0.2) is 42.5 Å². The molecule has 1 aliphatic rings. The summed E-state index contributed by atoms with van der Waals surface area (Å²) < 4.78 is 13.0. The number of nitrogens with one attached hydrogen (secondary N) is 1. The molecular formula is C18H18Cl2FN3O. The van der Waals surface area contributed by atoms with E-state index in [9.17, 15) is 9.18 Å². The highest BCUT2D eigenvalue weighted by Crippen LogP contribution is 2.25. The standard InChI is InChI=1S/C18H18Cl2FN3O/c19-13-1-6-17(16(20)11-13)22-18(25)12-23-7-9-24(10-8-23)15-4-2-14(21)3-5-15/h1-6,11H,7-10,12H2,(H,22,25). The van der Waals surface area contributed by atoms with E-state index in [2.05, 4.69) is 15.1 Å². The molecule has 0 saturated carbocycles. The van der Waals surface area contributed by atoms with Crippen molar-refractivity contribution in [3.8, 4) is 0 Å². The molecule has 3 rings (SSSR count). The molecule has 0 unspecified atom stereocenters. The largest absolute Gasteiger partial charge is 0.369 e. The van der Waals surface area contributed by atoms with E-state index >= 15 is 0 Å². The van der Waals surface area contributed by atoms with E-state index in [1.807, 2.05) is 0 Å². The highest BCUT2D eigenvalue weighted by Gasteiger charge is 2.19. The van der Waals surface area contributed by atoms with Gasteiger partial charge in [0.25, 0.3) is 0 Å². The first-order valence-corrected chi connectivity index (χ1v) is 8.74. The molecule has 1 amide bonds. The monoisotopic (exact) mass is 381 g/mol. The van der Waals surface area contributed by atoms with Gasteiger partial charge < -0.3 is 10.2 Å². The molecule has 2 aromatic carbocycles. The van der Waals surface area contributed by atoms with Crippen molar-refractivity contribution in [3.63, 3.8) is 0 Å². The minimum absolute atomic E-state index is 0.112. The SMILES string of the molecule is O=C(CN1CCN(c2ccc(F)cc2)CC1)Nc1ccc(Cl)cc1Cl. The Morgan fingerprint density at radius 3 is 2.36 bits per heavy atom. The Morgan fingerprint density at radius 1 is 1.04 bits per heavy atom. The van der Waals surface area contributed by atoms with E-state index in [-0.39, 0.29) is 11.7 Å². The number of amides is 1. The molecule has 0 aliphatic carbocycles. The molecule has 1 heterocycles. The predicted molar refractivity (Wildman–Crippen MR) is 100 cm³/mol. The van der Waals surface area contributed by atoms with Crippen LogP contribution < -0.4 is 10.2 Å². The van der Waals surface area contributed by atoms with E-state index in [0.717, 1.165) is 31.9 Å². The summed E-state index contributed by atoms with van der Waals surface area (Å²) in [6.45, 7) is 3.41. The van der Waals surface area contributed by atoms with Gasteiger partial charge in [-0.15, -0.1) is 0 Å². The van der Waals surface area contributed by atoms with Crippen LogP contribution in [0.25, 0.3) is 0 Å². The van der Waals surface area contributed by atoms with Crippen LogP contribution in [0.4, 0.5) is 15.8 Å². The van der Waals surface area contributed by atoms with Crippen LogP contribution in [0.3, 0.4) is 0 Å². The molecule has 1 N–H and O–H groups in total. The summed E-state index contributed by atoms with van der Waals surface area (Å²) in [6.07, 6.45) is 0. The summed E-state index contributed by atoms with van der Waals surface area (Å²) in [5, 5.41) is 3.75. The maximum absolute atomic E-state index is 13.0. The van der Waals surface area contributed by atoms with Crippen molar-refractivity contribution in [3.05, 3.63) is 58.3 Å². The summed E-state index contributed by atoms with van der Waals surface area (Å²) >= 11 is 11.9. The Balaban J connectivity index is 1.50. The third-order valence-corrected chi connectivity index (χ3v) is 4.68. The molecule has 1 aliphatic heterocycles. The maximum Gasteiger partial charge on any atom is 0.238 e. The van der Waals surface area contributed by atoms with Crippen LogP contribution >= 0.6 is 23.2 Å². The van der Waals surface area contributed by atoms with Gasteiger partial charge in [0.2, 0.25) is 5.91 Å². The fourth-order valence-corrected chi connectivity index (χ4v) is 3.26. The van der Waals surface area contributed by atoms with Gasteiger partial charge in [-0.1, -0.05) is 23.2 Å². The topological polar surface area (TPSA) is 35.6 Å². The summed E-state index contributed by atoms with van der Waals surface area (Å²) in [5.74, 6) is -0.348. The van der Waals surface area contributed by atoms with Crippen molar-refractivity contribution in [2.45, 2.75) is 0 Å². The number of benzene rings is 2. The lowest BCUT2D eigenvalue weighted by atomic mass is 10.2. The van der Waals surface area contributed by atoms with Gasteiger partial charge in [-0.2, -0.15) is 0 Å². The van der Waals surface area contributed by atoms with E-state index in [0.29, 0.717) is 22.3 Å². The fraction of sp³-hybridized carbons (Fsp3) is 0.278. The van der Waals surface area contributed by atoms with Crippen LogP contribution in [0, 0.1) is 5.82 Å². The van der Waals surface area contributed by atoms with Gasteiger partial charge in [0.15, 0.2) is 0 Å². The van der Waals surface area contributed by atoms with Crippen LogP contribution in [0.5, 0.6) is 0 Å². The molecule has 0 atom stereocenters. The number of carbonyl (C=O) groups is 1. The van der Waals surface area contributed by atoms with E-state index < -0.39 is 0 Å². The zero-order valence-corrected chi connectivity index (χ0v) is 15.0. The minimum atomic E-state index is -0.236. The average molecular weight is 382 g/mol. The number of nitrogens with zero attached hydrogens (tertiary/aromatic N) is 2. The highest BCUT2D eigenvalue weighted by molar-refractivity contribution is 6.36. The number of carbonyl (C=O) groups excluding carboxylic acids is 1. The van der Waals surface area contributed by atoms with E-state index in [1.54, 1.807) is 30.3 Å². The Bertz CT molecular complexity index is 746. The molecule has 1 fully saturated rings. The summed E-state index contributed by atoms with van der Waals surface area (Å²) in [5.41, 5.74) is 1.56. The number of piperazine rings is 1. The molecule has 0 radical (unpaired) electrons. The Labute approximate surface area is 156 Å². The van der Waals surface area contributed by atoms with Gasteiger partial charge in [0.05, 0.1) is 17.3 Å². The lowest BCUT2D eigenvalue weighted by molar-refractivity contribution is -0.117. The van der Waals surface area contributed by atoms with Crippen molar-refractivity contribution >= 4 is 40.5 Å². The summed E-state index contributed by atoms with van der Waals surface area (Å²) in [7, 11) is 0. The van der Waals surface area contributed by atoms with Crippen LogP contribution in [-0.2, 0) is 4.79 Å². The van der Waals surface area contributed by atoms with Gasteiger partial charge in [-0.05, 0) is 42.5 Å². The predicted octanol–water partition coefficient (Wildman–Crippen LogP) is 3.89. The molecule has 4 nitrogen and oxygen atoms in total. The van der Waals surface area contributed by atoms with Crippen LogP contribution in [0.2, 0.25) is 10.0 Å². The minimum Gasteiger partial charge on any atom is -0.369 e. The maximum atomic E-state index is 13.0. The van der Waals surface area contributed by atoms with E-state index in [4.69, 9.17) is 23.2 Å². The first-order valence-electron chi connectivity index (χ1n) is 7.99. The number of hydrogen-bond donors (Lipinski definition) is 1. The summed E-state index contributed by atoms with van der Waals surface area (Å²) in [4.78, 5) is 16.5. The van der Waals surface area contributed by atoms with Crippen molar-refractivity contribution in [1.82, 2.24) is 4.90 Å². The summed E-state index contributed by atoms with van der Waals surface area (Å²) in [6, 6.07) is 11.5. The van der Waals surface area contributed by atoms with E-state index in [1.165, 1.54) is 12.1 Å². The number of halogens is 3. The first-order chi connectivity index (χ1) is 12.0. The van der Waals surface area contributed by atoms with Gasteiger partial charge in [0.1, 0.15) is 5.82 Å². The molecule has 132 valence electrons. The molecule has 1 saturated heterocycles. The second-order valence-corrected chi connectivity index (χ2v) is 6.76. The normalized spacial score (nSPS) is 15.2. The first kappa shape index (κ1) is 18.0. The molecule has 2 aromatic rings. The van der Waals surface area contributed by atoms with Gasteiger partial charge in [0, 0.05) is 36.9 Å². The Hall–Kier alpha value is -1.82. The van der Waals surface area contributed by atoms with Gasteiger partial charge in [-0.3, -0.25) is 9.69 Å². The number of anilines is 2. The second kappa shape index (κ2) is 8.04. The fourth-order valence-electron chi connectivity index (χ4n) is 2.80. The molecule has 25 heavy (non-hydrogen) atoms. The van der Waals surface area contributed by atoms with Crippen molar-refractivity contribution in [1.29, 1.82) is 0 Å². The molecule has 0 spiro atoms. The lowest BCUT2D eigenvalue weighted by Crippen LogP contribution is -2.48. The Kier molecular flexibility index (Phi) is 5.78. The third kappa shape index (κ3) is 4.84. The van der Waals surface area contributed by atoms with Crippen molar-refractivity contribution in [2.75, 3.05) is 42.9 Å². The lowest BCUT2D eigenvalue weighted by Gasteiger charge is -2.35. The van der Waals surface area contributed by atoms with Gasteiger partial charge >= 0.3 is 0 Å². The Morgan fingerprint density at radius 2 is 1.72 bits per heavy atom. The molecule has 0 aromatic heterocycles. The quantitative estimate of drug-likeness (QED) is 0.872. The second-order valence-electron chi connectivity index (χ2n) is 5.91.